The molecule has 1 amide bonds. The van der Waals surface area contributed by atoms with Crippen molar-refractivity contribution in [2.24, 2.45) is 0 Å². The fourth-order valence-electron chi connectivity index (χ4n) is 2.71. The van der Waals surface area contributed by atoms with E-state index >= 15 is 0 Å². The van der Waals surface area contributed by atoms with E-state index < -0.39 is 0 Å². The highest BCUT2D eigenvalue weighted by atomic mass is 16.2. The summed E-state index contributed by atoms with van der Waals surface area (Å²) in [6, 6.07) is 7.96. The van der Waals surface area contributed by atoms with E-state index in [-0.39, 0.29) is 5.91 Å². The van der Waals surface area contributed by atoms with E-state index in [0.29, 0.717) is 17.6 Å². The van der Waals surface area contributed by atoms with Gasteiger partial charge in [0.2, 0.25) is 0 Å². The van der Waals surface area contributed by atoms with Crippen LogP contribution in [0, 0.1) is 0 Å². The Morgan fingerprint density at radius 3 is 2.43 bits per heavy atom. The van der Waals surface area contributed by atoms with E-state index in [9.17, 15) is 4.79 Å². The lowest BCUT2D eigenvalue weighted by atomic mass is 10.1. The Kier molecular flexibility index (Phi) is 3.66. The smallest absolute Gasteiger partial charge is 0.253 e. The lowest BCUT2D eigenvalue weighted by molar-refractivity contribution is 0.0674. The number of nitrogens with zero attached hydrogens (tertiary/aromatic N) is 5. The minimum absolute atomic E-state index is 0.0680. The minimum Gasteiger partial charge on any atom is -0.336 e. The normalized spacial score (nSPS) is 22.3. The summed E-state index contributed by atoms with van der Waals surface area (Å²) in [6.45, 7) is 5.66. The first-order valence-corrected chi connectivity index (χ1v) is 7.02. The van der Waals surface area contributed by atoms with E-state index in [2.05, 4.69) is 34.7 Å². The first-order chi connectivity index (χ1) is 10.1. The van der Waals surface area contributed by atoms with Gasteiger partial charge in [-0.3, -0.25) is 4.79 Å². The molecule has 3 rings (SSSR count). The lowest BCUT2D eigenvalue weighted by Gasteiger charge is -2.36. The Bertz CT molecular complexity index is 599. The number of carbonyl (C=O) groups excluding carboxylic acids is 1. The largest absolute Gasteiger partial charge is 0.336 e. The van der Waals surface area contributed by atoms with Crippen LogP contribution in [0.1, 0.15) is 24.2 Å². The zero-order valence-corrected chi connectivity index (χ0v) is 12.1. The predicted molar refractivity (Wildman–Crippen MR) is 77.1 cm³/mol. The number of hydrogen-bond donors (Lipinski definition) is 1. The maximum Gasteiger partial charge on any atom is 0.253 e. The van der Waals surface area contributed by atoms with Gasteiger partial charge < -0.3 is 10.2 Å². The Balaban J connectivity index is 1.76. The van der Waals surface area contributed by atoms with Crippen molar-refractivity contribution in [1.82, 2.24) is 30.4 Å². The minimum atomic E-state index is 0.0680. The van der Waals surface area contributed by atoms with Gasteiger partial charge in [-0.2, -0.15) is 0 Å². The van der Waals surface area contributed by atoms with Crippen molar-refractivity contribution in [2.75, 3.05) is 13.1 Å². The quantitative estimate of drug-likeness (QED) is 0.869. The van der Waals surface area contributed by atoms with Gasteiger partial charge in [0.1, 0.15) is 6.33 Å². The molecule has 0 radical (unpaired) electrons. The fraction of sp³-hybridized carbons (Fsp3) is 0.429. The first-order valence-electron chi connectivity index (χ1n) is 7.02. The summed E-state index contributed by atoms with van der Waals surface area (Å²) < 4.78 is 1.56. The number of aromatic nitrogens is 4. The summed E-state index contributed by atoms with van der Waals surface area (Å²) in [6.07, 6.45) is 1.52. The van der Waals surface area contributed by atoms with Crippen molar-refractivity contribution >= 4 is 5.91 Å². The van der Waals surface area contributed by atoms with Crippen LogP contribution in [0.3, 0.4) is 0 Å². The zero-order chi connectivity index (χ0) is 14.8. The monoisotopic (exact) mass is 286 g/mol. The SMILES string of the molecule is C[C@@H]1CN(C(=O)c2ccc(-n3cnnn3)cc2)C[C@H](C)N1. The third kappa shape index (κ3) is 2.92. The Hall–Kier alpha value is -2.28. The van der Waals surface area contributed by atoms with Crippen LogP contribution < -0.4 is 5.32 Å². The second-order valence-electron chi connectivity index (χ2n) is 5.48. The average Bonchev–Trinajstić information content (AvgIpc) is 3.00. The van der Waals surface area contributed by atoms with Gasteiger partial charge in [0, 0.05) is 30.7 Å². The van der Waals surface area contributed by atoms with Crippen molar-refractivity contribution in [1.29, 1.82) is 0 Å². The molecule has 1 fully saturated rings. The molecule has 0 bridgehead atoms. The van der Waals surface area contributed by atoms with Gasteiger partial charge in [0.05, 0.1) is 5.69 Å². The molecule has 21 heavy (non-hydrogen) atoms. The summed E-state index contributed by atoms with van der Waals surface area (Å²) >= 11 is 0. The summed E-state index contributed by atoms with van der Waals surface area (Å²) in [7, 11) is 0. The van der Waals surface area contributed by atoms with Crippen molar-refractivity contribution in [3.63, 3.8) is 0 Å². The van der Waals surface area contributed by atoms with Crippen LogP contribution in [0.2, 0.25) is 0 Å². The average molecular weight is 286 g/mol. The number of amides is 1. The van der Waals surface area contributed by atoms with Crippen LogP contribution in [0.15, 0.2) is 30.6 Å². The van der Waals surface area contributed by atoms with Crippen molar-refractivity contribution in [3.05, 3.63) is 36.2 Å². The third-order valence-electron chi connectivity index (χ3n) is 3.57. The molecule has 1 aliphatic heterocycles. The maximum absolute atomic E-state index is 12.5. The maximum atomic E-state index is 12.5. The molecule has 7 nitrogen and oxygen atoms in total. The highest BCUT2D eigenvalue weighted by molar-refractivity contribution is 5.94. The van der Waals surface area contributed by atoms with Crippen LogP contribution >= 0.6 is 0 Å². The predicted octanol–water partition coefficient (Wildman–Crippen LogP) is 0.485. The molecule has 7 heteroatoms. The molecule has 2 atom stereocenters. The van der Waals surface area contributed by atoms with Crippen LogP contribution in [0.25, 0.3) is 5.69 Å². The lowest BCUT2D eigenvalue weighted by Crippen LogP contribution is -2.55. The van der Waals surface area contributed by atoms with E-state index in [0.717, 1.165) is 18.8 Å². The molecule has 1 aromatic heterocycles. The molecule has 1 aliphatic rings. The van der Waals surface area contributed by atoms with E-state index in [1.165, 1.54) is 6.33 Å². The van der Waals surface area contributed by atoms with E-state index in [1.807, 2.05) is 29.2 Å². The van der Waals surface area contributed by atoms with Gasteiger partial charge in [0.25, 0.3) is 5.91 Å². The topological polar surface area (TPSA) is 75.9 Å². The number of tetrazole rings is 1. The number of piperazine rings is 1. The molecule has 110 valence electrons. The van der Waals surface area contributed by atoms with Crippen LogP contribution in [0.4, 0.5) is 0 Å². The van der Waals surface area contributed by atoms with Gasteiger partial charge in [-0.15, -0.1) is 5.10 Å². The van der Waals surface area contributed by atoms with Gasteiger partial charge in [-0.25, -0.2) is 4.68 Å². The van der Waals surface area contributed by atoms with Crippen molar-refractivity contribution in [3.8, 4) is 5.69 Å². The second kappa shape index (κ2) is 5.61. The van der Waals surface area contributed by atoms with Crippen LogP contribution in [0.5, 0.6) is 0 Å². The van der Waals surface area contributed by atoms with Gasteiger partial charge >= 0.3 is 0 Å². The van der Waals surface area contributed by atoms with E-state index in [4.69, 9.17) is 0 Å². The molecule has 1 saturated heterocycles. The van der Waals surface area contributed by atoms with Crippen LogP contribution in [-0.2, 0) is 0 Å². The molecule has 1 aromatic carbocycles. The summed E-state index contributed by atoms with van der Waals surface area (Å²) in [5, 5.41) is 14.4. The molecular weight excluding hydrogens is 268 g/mol. The molecule has 0 saturated carbocycles. The molecule has 2 aromatic rings. The fourth-order valence-corrected chi connectivity index (χ4v) is 2.71. The Morgan fingerprint density at radius 1 is 1.19 bits per heavy atom. The standard InChI is InChI=1S/C14H18N6O/c1-10-7-19(8-11(2)16-10)14(21)12-3-5-13(6-4-12)20-9-15-17-18-20/h3-6,9-11,16H,7-8H2,1-2H3/t10-,11+. The van der Waals surface area contributed by atoms with Crippen molar-refractivity contribution < 1.29 is 4.79 Å². The Morgan fingerprint density at radius 2 is 1.86 bits per heavy atom. The van der Waals surface area contributed by atoms with Gasteiger partial charge in [0.15, 0.2) is 0 Å². The van der Waals surface area contributed by atoms with E-state index in [1.54, 1.807) is 4.68 Å². The number of rotatable bonds is 2. The first kappa shape index (κ1) is 13.7. The summed E-state index contributed by atoms with van der Waals surface area (Å²) in [5.74, 6) is 0.0680. The van der Waals surface area contributed by atoms with Crippen LogP contribution in [-0.4, -0.2) is 56.2 Å². The highest BCUT2D eigenvalue weighted by Gasteiger charge is 2.25. The third-order valence-corrected chi connectivity index (χ3v) is 3.57. The molecule has 2 heterocycles. The molecule has 0 aliphatic carbocycles. The number of carbonyl (C=O) groups is 1. The molecule has 0 unspecified atom stereocenters. The Labute approximate surface area is 122 Å². The van der Waals surface area contributed by atoms with Gasteiger partial charge in [-0.1, -0.05) is 0 Å². The molecule has 1 N–H and O–H groups in total. The highest BCUT2D eigenvalue weighted by Crippen LogP contribution is 2.13. The summed E-state index contributed by atoms with van der Waals surface area (Å²) in [5.41, 5.74) is 1.52. The molecular formula is C14H18N6O. The second-order valence-corrected chi connectivity index (χ2v) is 5.48. The number of benzene rings is 1. The summed E-state index contributed by atoms with van der Waals surface area (Å²) in [4.78, 5) is 14.4. The number of nitrogens with one attached hydrogen (secondary N) is 1. The van der Waals surface area contributed by atoms with Crippen molar-refractivity contribution in [2.45, 2.75) is 25.9 Å². The molecule has 0 spiro atoms. The van der Waals surface area contributed by atoms with Gasteiger partial charge in [-0.05, 0) is 48.5 Å². The zero-order valence-electron chi connectivity index (χ0n) is 12.1. The number of hydrogen-bond acceptors (Lipinski definition) is 5.